The zero-order chi connectivity index (χ0) is 9.83. The Hall–Kier alpha value is 0.110. The van der Waals surface area contributed by atoms with Gasteiger partial charge in [0.15, 0.2) is 0 Å². The molecule has 4 nitrogen and oxygen atoms in total. The third kappa shape index (κ3) is 10.1. The van der Waals surface area contributed by atoms with E-state index in [4.69, 9.17) is 4.89 Å². The lowest BCUT2D eigenvalue weighted by Crippen LogP contribution is -2.36. The van der Waals surface area contributed by atoms with E-state index in [2.05, 4.69) is 5.32 Å². The maximum absolute atomic E-state index is 10.3. The Labute approximate surface area is 73.5 Å². The van der Waals surface area contributed by atoms with Crippen LogP contribution < -0.4 is 10.2 Å². The Balaban J connectivity index is 3.41. The third-order valence-electron chi connectivity index (χ3n) is 1.27. The molecule has 0 aliphatic heterocycles. The molecule has 1 unspecified atom stereocenters. The summed E-state index contributed by atoms with van der Waals surface area (Å²) in [6, 6.07) is 0. The number of nitrogens with one attached hydrogen (secondary N) is 1. The largest absolute Gasteiger partial charge is 0.779 e. The Kier molecular flexibility index (Phi) is 4.42. The highest BCUT2D eigenvalue weighted by Gasteiger charge is 2.08. The van der Waals surface area contributed by atoms with Gasteiger partial charge < -0.3 is 19.7 Å². The van der Waals surface area contributed by atoms with Crippen LogP contribution in [0.5, 0.6) is 0 Å². The van der Waals surface area contributed by atoms with Gasteiger partial charge in [0.2, 0.25) is 0 Å². The first-order chi connectivity index (χ1) is 5.21. The highest BCUT2D eigenvalue weighted by Crippen LogP contribution is 2.28. The average molecular weight is 194 g/mol. The monoisotopic (exact) mass is 194 g/mol. The van der Waals surface area contributed by atoms with Crippen LogP contribution in [0.15, 0.2) is 0 Å². The van der Waals surface area contributed by atoms with Gasteiger partial charge in [0.1, 0.15) is 7.60 Å². The third-order valence-corrected chi connectivity index (χ3v) is 2.15. The number of hydrogen-bond acceptors (Lipinski definition) is 3. The van der Waals surface area contributed by atoms with Gasteiger partial charge in [-0.3, -0.25) is 0 Å². The van der Waals surface area contributed by atoms with Gasteiger partial charge in [0.25, 0.3) is 0 Å². The molecule has 0 aromatic heterocycles. The van der Waals surface area contributed by atoms with Gasteiger partial charge in [0.05, 0.1) is 0 Å². The molecule has 0 rings (SSSR count). The molecule has 0 amide bonds. The number of rotatable bonds is 4. The summed E-state index contributed by atoms with van der Waals surface area (Å²) in [5, 5.41) is 3.12. The molecule has 12 heavy (non-hydrogen) atoms. The lowest BCUT2D eigenvalue weighted by Gasteiger charge is -2.21. The molecule has 0 aliphatic rings. The van der Waals surface area contributed by atoms with Crippen LogP contribution >= 0.6 is 7.60 Å². The number of hydrogen-bond donors (Lipinski definition) is 2. The summed E-state index contributed by atoms with van der Waals surface area (Å²) in [5.41, 5.74) is 0.00231. The average Bonchev–Trinajstić information content (AvgIpc) is 1.76. The lowest BCUT2D eigenvalue weighted by atomic mass is 10.1. The second-order valence-electron chi connectivity index (χ2n) is 3.89. The van der Waals surface area contributed by atoms with Crippen LogP contribution in [-0.2, 0) is 4.57 Å². The highest BCUT2D eigenvalue weighted by atomic mass is 31.2. The molecule has 0 fully saturated rings. The molecule has 0 radical (unpaired) electrons. The van der Waals surface area contributed by atoms with Crippen LogP contribution in [0.4, 0.5) is 0 Å². The molecule has 0 aromatic rings. The van der Waals surface area contributed by atoms with E-state index in [1.165, 1.54) is 0 Å². The summed E-state index contributed by atoms with van der Waals surface area (Å²) in [7, 11) is -4.04. The minimum Gasteiger partial charge on any atom is -0.779 e. The lowest BCUT2D eigenvalue weighted by molar-refractivity contribution is -0.193. The topological polar surface area (TPSA) is 72.4 Å². The van der Waals surface area contributed by atoms with Crippen LogP contribution in [0.3, 0.4) is 0 Å². The Morgan fingerprint density at radius 3 is 2.33 bits per heavy atom. The molecule has 0 spiro atoms. The molecule has 5 heteroatoms. The van der Waals surface area contributed by atoms with Crippen molar-refractivity contribution in [2.45, 2.75) is 32.7 Å². The molecule has 0 aromatic carbocycles. The van der Waals surface area contributed by atoms with E-state index >= 15 is 0 Å². The second-order valence-corrected chi connectivity index (χ2v) is 5.61. The minimum absolute atomic E-state index is 0.00231. The molecule has 0 saturated carbocycles. The quantitative estimate of drug-likeness (QED) is 0.499. The van der Waals surface area contributed by atoms with Crippen LogP contribution in [0.1, 0.15) is 27.2 Å². The molecule has 74 valence electrons. The normalized spacial score (nSPS) is 17.4. The standard InChI is InChI=1S/C7H18NO3P/c1-7(2,3)8-5-4-6-12(9,10)11/h8H,4-6H2,1-3H3,(H2,9,10,11)/p-1. The molecule has 0 saturated heterocycles. The van der Waals surface area contributed by atoms with Crippen molar-refractivity contribution >= 4 is 7.60 Å². The van der Waals surface area contributed by atoms with Crippen molar-refractivity contribution < 1.29 is 14.4 Å². The fourth-order valence-corrected chi connectivity index (χ4v) is 1.30. The van der Waals surface area contributed by atoms with E-state index in [9.17, 15) is 9.46 Å². The van der Waals surface area contributed by atoms with Crippen molar-refractivity contribution in [3.05, 3.63) is 0 Å². The Morgan fingerprint density at radius 1 is 1.50 bits per heavy atom. The summed E-state index contributed by atoms with van der Waals surface area (Å²) in [5.74, 6) is 0. The van der Waals surface area contributed by atoms with Crippen molar-refractivity contribution in [2.75, 3.05) is 12.7 Å². The summed E-state index contributed by atoms with van der Waals surface area (Å²) in [6.07, 6.45) is 0.310. The van der Waals surface area contributed by atoms with Gasteiger partial charge >= 0.3 is 0 Å². The second kappa shape index (κ2) is 4.38. The van der Waals surface area contributed by atoms with E-state index in [0.29, 0.717) is 13.0 Å². The fraction of sp³-hybridized carbons (Fsp3) is 1.00. The van der Waals surface area contributed by atoms with Crippen molar-refractivity contribution in [1.29, 1.82) is 0 Å². The van der Waals surface area contributed by atoms with E-state index in [0.717, 1.165) is 0 Å². The molecule has 0 bridgehead atoms. The Bertz CT molecular complexity index is 170. The van der Waals surface area contributed by atoms with Gasteiger partial charge in [-0.15, -0.1) is 0 Å². The Morgan fingerprint density at radius 2 is 2.00 bits per heavy atom. The molecular weight excluding hydrogens is 177 g/mol. The van der Waals surface area contributed by atoms with Crippen molar-refractivity contribution in [1.82, 2.24) is 5.32 Å². The molecule has 1 atom stereocenters. The maximum Gasteiger partial charge on any atom is 0.132 e. The summed E-state index contributed by atoms with van der Waals surface area (Å²) < 4.78 is 10.3. The fourth-order valence-electron chi connectivity index (χ4n) is 0.742. The van der Waals surface area contributed by atoms with Gasteiger partial charge in [-0.25, -0.2) is 0 Å². The van der Waals surface area contributed by atoms with Gasteiger partial charge in [-0.1, -0.05) is 0 Å². The first-order valence-corrected chi connectivity index (χ1v) is 5.75. The zero-order valence-corrected chi connectivity index (χ0v) is 8.73. The molecule has 0 aliphatic carbocycles. The van der Waals surface area contributed by atoms with E-state index in [1.807, 2.05) is 20.8 Å². The van der Waals surface area contributed by atoms with Crippen LogP contribution in [0.25, 0.3) is 0 Å². The van der Waals surface area contributed by atoms with Crippen molar-refractivity contribution in [2.24, 2.45) is 0 Å². The summed E-state index contributed by atoms with van der Waals surface area (Å²) in [4.78, 5) is 18.7. The van der Waals surface area contributed by atoms with Crippen molar-refractivity contribution in [3.8, 4) is 0 Å². The summed E-state index contributed by atoms with van der Waals surface area (Å²) in [6.45, 7) is 6.62. The first kappa shape index (κ1) is 12.1. The molecular formula is C7H17NO3P-. The smallest absolute Gasteiger partial charge is 0.132 e. The van der Waals surface area contributed by atoms with Crippen molar-refractivity contribution in [3.63, 3.8) is 0 Å². The first-order valence-electron chi connectivity index (χ1n) is 3.98. The predicted molar refractivity (Wildman–Crippen MR) is 47.1 cm³/mol. The SMILES string of the molecule is CC(C)(C)NCCCP(=O)([O-])O. The minimum atomic E-state index is -4.04. The molecule has 2 N–H and O–H groups in total. The zero-order valence-electron chi connectivity index (χ0n) is 7.83. The van der Waals surface area contributed by atoms with Crippen LogP contribution in [0.2, 0.25) is 0 Å². The highest BCUT2D eigenvalue weighted by molar-refractivity contribution is 7.50. The van der Waals surface area contributed by atoms with Gasteiger partial charge in [-0.05, 0) is 33.7 Å². The van der Waals surface area contributed by atoms with Crippen LogP contribution in [-0.4, -0.2) is 23.1 Å². The predicted octanol–water partition coefficient (Wildman–Crippen LogP) is 0.310. The van der Waals surface area contributed by atoms with E-state index in [1.54, 1.807) is 0 Å². The molecule has 0 heterocycles. The van der Waals surface area contributed by atoms with Gasteiger partial charge in [0, 0.05) is 11.7 Å². The summed E-state index contributed by atoms with van der Waals surface area (Å²) >= 11 is 0. The van der Waals surface area contributed by atoms with Crippen LogP contribution in [0, 0.1) is 0 Å². The van der Waals surface area contributed by atoms with E-state index < -0.39 is 7.60 Å². The van der Waals surface area contributed by atoms with E-state index in [-0.39, 0.29) is 11.7 Å². The maximum atomic E-state index is 10.3. The van der Waals surface area contributed by atoms with Gasteiger partial charge in [-0.2, -0.15) is 0 Å².